The number of anilines is 1. The summed E-state index contributed by atoms with van der Waals surface area (Å²) < 4.78 is 0.797. The van der Waals surface area contributed by atoms with Gasteiger partial charge in [0, 0.05) is 22.5 Å². The quantitative estimate of drug-likeness (QED) is 0.741. The first-order valence-electron chi connectivity index (χ1n) is 5.01. The monoisotopic (exact) mass is 282 g/mol. The van der Waals surface area contributed by atoms with Gasteiger partial charge >= 0.3 is 0 Å². The van der Waals surface area contributed by atoms with Crippen molar-refractivity contribution in [2.24, 2.45) is 11.8 Å². The second-order valence-electron chi connectivity index (χ2n) is 3.92. The zero-order valence-corrected chi connectivity index (χ0v) is 10.6. The van der Waals surface area contributed by atoms with Crippen LogP contribution in [0.2, 0.25) is 0 Å². The lowest BCUT2D eigenvalue weighted by molar-refractivity contribution is -0.122. The van der Waals surface area contributed by atoms with Gasteiger partial charge in [0.25, 0.3) is 0 Å². The van der Waals surface area contributed by atoms with Crippen molar-refractivity contribution >= 4 is 33.6 Å². The Hall–Kier alpha value is -1.23. The number of halogens is 1. The van der Waals surface area contributed by atoms with Crippen LogP contribution in [0.3, 0.4) is 0 Å². The van der Waals surface area contributed by atoms with Crippen molar-refractivity contribution in [3.8, 4) is 0 Å². The highest BCUT2D eigenvalue weighted by Crippen LogP contribution is 2.30. The second kappa shape index (κ2) is 3.97. The van der Waals surface area contributed by atoms with Crippen molar-refractivity contribution in [2.75, 3.05) is 4.90 Å². The van der Waals surface area contributed by atoms with Crippen LogP contribution in [0.15, 0.2) is 22.8 Å². The number of nitrogens with zero attached hydrogens (tertiary/aromatic N) is 2. The van der Waals surface area contributed by atoms with Crippen molar-refractivity contribution in [1.29, 1.82) is 0 Å². The Bertz CT molecular complexity index is 441. The molecule has 16 heavy (non-hydrogen) atoms. The molecule has 84 valence electrons. The van der Waals surface area contributed by atoms with Crippen LogP contribution in [0.5, 0.6) is 0 Å². The Labute approximate surface area is 102 Å². The summed E-state index contributed by atoms with van der Waals surface area (Å²) in [4.78, 5) is 29.0. The van der Waals surface area contributed by atoms with Gasteiger partial charge in [-0.05, 0) is 12.1 Å². The minimum absolute atomic E-state index is 0.178. The topological polar surface area (TPSA) is 50.3 Å². The highest BCUT2D eigenvalue weighted by Gasteiger charge is 2.43. The number of hydrogen-bond donors (Lipinski definition) is 0. The summed E-state index contributed by atoms with van der Waals surface area (Å²) in [5, 5.41) is 0. The third kappa shape index (κ3) is 1.65. The summed E-state index contributed by atoms with van der Waals surface area (Å²) in [6.07, 6.45) is 1.56. The third-order valence-corrected chi connectivity index (χ3v) is 3.40. The Morgan fingerprint density at radius 2 is 1.81 bits per heavy atom. The van der Waals surface area contributed by atoms with E-state index in [9.17, 15) is 9.59 Å². The molecule has 0 saturated carbocycles. The van der Waals surface area contributed by atoms with E-state index >= 15 is 0 Å². The standard InChI is InChI=1S/C11H11BrN2O2/c1-6-7(2)11(16)14(10(6)15)9-5-8(12)3-4-13-9/h3-7H,1-2H3. The minimum Gasteiger partial charge on any atom is -0.274 e. The molecule has 2 unspecified atom stereocenters. The van der Waals surface area contributed by atoms with Gasteiger partial charge in [0.1, 0.15) is 5.82 Å². The zero-order chi connectivity index (χ0) is 11.9. The molecule has 0 bridgehead atoms. The van der Waals surface area contributed by atoms with Gasteiger partial charge in [-0.3, -0.25) is 9.59 Å². The summed E-state index contributed by atoms with van der Waals surface area (Å²) >= 11 is 3.29. The molecule has 0 aliphatic carbocycles. The molecule has 1 aromatic heterocycles. The van der Waals surface area contributed by atoms with Crippen LogP contribution in [0, 0.1) is 11.8 Å². The van der Waals surface area contributed by atoms with E-state index in [1.54, 1.807) is 32.2 Å². The summed E-state index contributed by atoms with van der Waals surface area (Å²) in [6.45, 7) is 3.53. The average Bonchev–Trinajstić information content (AvgIpc) is 2.44. The molecule has 5 heteroatoms. The van der Waals surface area contributed by atoms with Crippen LogP contribution >= 0.6 is 15.9 Å². The predicted octanol–water partition coefficient (Wildman–Crippen LogP) is 1.99. The minimum atomic E-state index is -0.270. The van der Waals surface area contributed by atoms with Crippen molar-refractivity contribution in [3.05, 3.63) is 22.8 Å². The van der Waals surface area contributed by atoms with Crippen LogP contribution in [0.25, 0.3) is 0 Å². The molecule has 1 saturated heterocycles. The fraction of sp³-hybridized carbons (Fsp3) is 0.364. The number of pyridine rings is 1. The molecular formula is C11H11BrN2O2. The van der Waals surface area contributed by atoms with Crippen molar-refractivity contribution in [2.45, 2.75) is 13.8 Å². The Kier molecular flexibility index (Phi) is 2.80. The average molecular weight is 283 g/mol. The molecule has 4 nitrogen and oxygen atoms in total. The zero-order valence-electron chi connectivity index (χ0n) is 8.98. The van der Waals surface area contributed by atoms with Gasteiger partial charge in [-0.1, -0.05) is 29.8 Å². The van der Waals surface area contributed by atoms with Gasteiger partial charge in [0.2, 0.25) is 11.8 Å². The Morgan fingerprint density at radius 3 is 2.31 bits per heavy atom. The maximum absolute atomic E-state index is 11.9. The molecule has 2 rings (SSSR count). The highest BCUT2D eigenvalue weighted by atomic mass is 79.9. The molecule has 0 N–H and O–H groups in total. The Morgan fingerprint density at radius 1 is 1.25 bits per heavy atom. The number of amides is 2. The molecule has 0 aromatic carbocycles. The number of aromatic nitrogens is 1. The van der Waals surface area contributed by atoms with Crippen LogP contribution in [-0.4, -0.2) is 16.8 Å². The van der Waals surface area contributed by atoms with Gasteiger partial charge in [-0.2, -0.15) is 0 Å². The van der Waals surface area contributed by atoms with E-state index in [2.05, 4.69) is 20.9 Å². The predicted molar refractivity (Wildman–Crippen MR) is 62.8 cm³/mol. The first kappa shape index (κ1) is 11.3. The van der Waals surface area contributed by atoms with E-state index in [-0.39, 0.29) is 23.7 Å². The summed E-state index contributed by atoms with van der Waals surface area (Å²) in [5.41, 5.74) is 0. The lowest BCUT2D eigenvalue weighted by Gasteiger charge is -2.13. The van der Waals surface area contributed by atoms with E-state index in [4.69, 9.17) is 0 Å². The number of imide groups is 1. The van der Waals surface area contributed by atoms with Crippen molar-refractivity contribution in [1.82, 2.24) is 4.98 Å². The molecule has 1 aliphatic rings. The van der Waals surface area contributed by atoms with Crippen LogP contribution < -0.4 is 4.90 Å². The second-order valence-corrected chi connectivity index (χ2v) is 4.84. The molecule has 2 atom stereocenters. The molecule has 0 spiro atoms. The van der Waals surface area contributed by atoms with Gasteiger partial charge in [0.05, 0.1) is 0 Å². The SMILES string of the molecule is CC1C(=O)N(c2cc(Br)ccn2)C(=O)C1C. The lowest BCUT2D eigenvalue weighted by Crippen LogP contribution is -2.31. The lowest BCUT2D eigenvalue weighted by atomic mass is 10.00. The molecule has 1 fully saturated rings. The molecule has 2 amide bonds. The number of hydrogen-bond acceptors (Lipinski definition) is 3. The van der Waals surface area contributed by atoms with Crippen LogP contribution in [0.1, 0.15) is 13.8 Å². The van der Waals surface area contributed by atoms with E-state index in [0.717, 1.165) is 4.47 Å². The summed E-state index contributed by atoms with van der Waals surface area (Å²) in [7, 11) is 0. The fourth-order valence-corrected chi connectivity index (χ4v) is 2.01. The number of rotatable bonds is 1. The number of carbonyl (C=O) groups is 2. The van der Waals surface area contributed by atoms with Gasteiger partial charge in [-0.25, -0.2) is 9.88 Å². The molecule has 1 aromatic rings. The van der Waals surface area contributed by atoms with E-state index in [1.165, 1.54) is 4.90 Å². The van der Waals surface area contributed by atoms with Gasteiger partial charge in [-0.15, -0.1) is 0 Å². The first-order valence-corrected chi connectivity index (χ1v) is 5.81. The van der Waals surface area contributed by atoms with Crippen molar-refractivity contribution < 1.29 is 9.59 Å². The fourth-order valence-electron chi connectivity index (χ4n) is 1.69. The third-order valence-electron chi connectivity index (χ3n) is 2.91. The van der Waals surface area contributed by atoms with E-state index in [0.29, 0.717) is 5.82 Å². The maximum Gasteiger partial charge on any atom is 0.238 e. The molecule has 0 radical (unpaired) electrons. The maximum atomic E-state index is 11.9. The van der Waals surface area contributed by atoms with Gasteiger partial charge < -0.3 is 0 Å². The molecule has 1 aliphatic heterocycles. The molecule has 2 heterocycles. The summed E-state index contributed by atoms with van der Waals surface area (Å²) in [5.74, 6) is -0.506. The van der Waals surface area contributed by atoms with Crippen molar-refractivity contribution in [3.63, 3.8) is 0 Å². The normalized spacial score (nSPS) is 25.3. The van der Waals surface area contributed by atoms with Gasteiger partial charge in [0.15, 0.2) is 0 Å². The van der Waals surface area contributed by atoms with E-state index < -0.39 is 0 Å². The van der Waals surface area contributed by atoms with Crippen LogP contribution in [-0.2, 0) is 9.59 Å². The van der Waals surface area contributed by atoms with E-state index in [1.807, 2.05) is 0 Å². The first-order chi connectivity index (χ1) is 7.52. The molecular weight excluding hydrogens is 272 g/mol. The largest absolute Gasteiger partial charge is 0.274 e. The highest BCUT2D eigenvalue weighted by molar-refractivity contribution is 9.10. The smallest absolute Gasteiger partial charge is 0.238 e. The Balaban J connectivity index is 2.42. The summed E-state index contributed by atoms with van der Waals surface area (Å²) in [6, 6.07) is 3.42. The number of carbonyl (C=O) groups excluding carboxylic acids is 2. The van der Waals surface area contributed by atoms with Crippen LogP contribution in [0.4, 0.5) is 5.82 Å².